The highest BCUT2D eigenvalue weighted by atomic mass is 32.2. The predicted molar refractivity (Wildman–Crippen MR) is 136 cm³/mol. The number of hydrogen-bond donors (Lipinski definition) is 2. The lowest BCUT2D eigenvalue weighted by atomic mass is 10.0. The van der Waals surface area contributed by atoms with Crippen LogP contribution in [0.3, 0.4) is 0 Å². The van der Waals surface area contributed by atoms with E-state index in [1.165, 1.54) is 12.1 Å². The number of fused-ring (bicyclic) bond motifs is 1. The number of benzene rings is 2. The number of aliphatic hydroxyl groups excluding tert-OH is 1. The molecular weight excluding hydrogens is 497 g/mol. The van der Waals surface area contributed by atoms with E-state index < -0.39 is 28.0 Å². The third-order valence-electron chi connectivity index (χ3n) is 6.94. The zero-order chi connectivity index (χ0) is 26.3. The van der Waals surface area contributed by atoms with E-state index in [-0.39, 0.29) is 29.2 Å². The van der Waals surface area contributed by atoms with Crippen LogP contribution >= 0.6 is 0 Å². The van der Waals surface area contributed by atoms with Gasteiger partial charge in [0.1, 0.15) is 18.1 Å². The number of sulfone groups is 1. The number of anilines is 2. The van der Waals surface area contributed by atoms with Gasteiger partial charge in [0.05, 0.1) is 29.0 Å². The van der Waals surface area contributed by atoms with Crippen LogP contribution in [0.5, 0.6) is 0 Å². The lowest BCUT2D eigenvalue weighted by Crippen LogP contribution is -2.38. The molecule has 194 valence electrons. The Kier molecular flexibility index (Phi) is 6.69. The molecule has 0 saturated carbocycles. The Labute approximate surface area is 214 Å². The van der Waals surface area contributed by atoms with Gasteiger partial charge in [0.2, 0.25) is 11.9 Å². The van der Waals surface area contributed by atoms with E-state index in [4.69, 9.17) is 0 Å². The van der Waals surface area contributed by atoms with Crippen molar-refractivity contribution < 1.29 is 22.7 Å². The standard InChI is InChI=1S/C26H28FN5O4S/c1-16(33)32-15-18-12-21(37(2,35)36)8-9-22(18)24(32)25(34)30-26-28-13-20(14-29-26)31-10-4-7-23(31)17-5-3-6-19(27)11-17/h3,5-6,8-9,11-14,16,23-24,33H,4,7,10,15H2,1-2H3,(H,28,29,30,34)/t16?,23?,24-/m1/s1. The van der Waals surface area contributed by atoms with Crippen LogP contribution in [0.4, 0.5) is 16.0 Å². The van der Waals surface area contributed by atoms with E-state index in [2.05, 4.69) is 20.2 Å². The Morgan fingerprint density at radius 2 is 1.95 bits per heavy atom. The fourth-order valence-corrected chi connectivity index (χ4v) is 5.84. The summed E-state index contributed by atoms with van der Waals surface area (Å²) in [4.78, 5) is 25.8. The molecule has 5 rings (SSSR count). The number of hydrogen-bond acceptors (Lipinski definition) is 8. The average molecular weight is 526 g/mol. The molecule has 0 radical (unpaired) electrons. The quantitative estimate of drug-likeness (QED) is 0.504. The van der Waals surface area contributed by atoms with Crippen molar-refractivity contribution in [3.05, 3.63) is 77.4 Å². The molecule has 11 heteroatoms. The number of aliphatic hydroxyl groups is 1. The van der Waals surface area contributed by atoms with Gasteiger partial charge in [-0.05, 0) is 60.7 Å². The summed E-state index contributed by atoms with van der Waals surface area (Å²) < 4.78 is 37.7. The summed E-state index contributed by atoms with van der Waals surface area (Å²) in [5, 5.41) is 13.0. The lowest BCUT2D eigenvalue weighted by Gasteiger charge is -2.27. The summed E-state index contributed by atoms with van der Waals surface area (Å²) in [6, 6.07) is 10.4. The highest BCUT2D eigenvalue weighted by Gasteiger charge is 2.38. The van der Waals surface area contributed by atoms with Gasteiger partial charge >= 0.3 is 0 Å². The second-order valence-electron chi connectivity index (χ2n) is 9.50. The number of nitrogens with one attached hydrogen (secondary N) is 1. The summed E-state index contributed by atoms with van der Waals surface area (Å²) in [5.74, 6) is -0.591. The summed E-state index contributed by atoms with van der Waals surface area (Å²) in [6.07, 6.45) is 5.30. The molecule has 3 aromatic rings. The smallest absolute Gasteiger partial charge is 0.248 e. The number of rotatable bonds is 6. The molecule has 9 nitrogen and oxygen atoms in total. The van der Waals surface area contributed by atoms with Gasteiger partial charge in [-0.15, -0.1) is 0 Å². The molecule has 2 aromatic carbocycles. The molecule has 2 unspecified atom stereocenters. The largest absolute Gasteiger partial charge is 0.379 e. The van der Waals surface area contributed by atoms with Crippen molar-refractivity contribution in [1.82, 2.24) is 14.9 Å². The van der Waals surface area contributed by atoms with Crippen LogP contribution in [0.2, 0.25) is 0 Å². The van der Waals surface area contributed by atoms with Crippen LogP contribution in [-0.2, 0) is 21.2 Å². The van der Waals surface area contributed by atoms with Crippen molar-refractivity contribution in [2.45, 2.75) is 49.5 Å². The monoisotopic (exact) mass is 525 g/mol. The molecule has 1 aromatic heterocycles. The van der Waals surface area contributed by atoms with Gasteiger partial charge in [0.25, 0.3) is 0 Å². The zero-order valence-electron chi connectivity index (χ0n) is 20.5. The molecule has 2 aliphatic rings. The molecule has 1 fully saturated rings. The molecular formula is C26H28FN5O4S. The number of amides is 1. The Morgan fingerprint density at radius 1 is 1.19 bits per heavy atom. The maximum Gasteiger partial charge on any atom is 0.248 e. The first-order valence-electron chi connectivity index (χ1n) is 12.0. The summed E-state index contributed by atoms with van der Waals surface area (Å²) in [7, 11) is -3.41. The zero-order valence-corrected chi connectivity index (χ0v) is 21.3. The van der Waals surface area contributed by atoms with Crippen molar-refractivity contribution in [3.8, 4) is 0 Å². The SMILES string of the molecule is CC(O)N1Cc2cc(S(C)(=O)=O)ccc2[C@@H]1C(=O)Nc1ncc(N2CCCC2c2cccc(F)c2)cn1. The van der Waals surface area contributed by atoms with Crippen molar-refractivity contribution in [1.29, 1.82) is 0 Å². The van der Waals surface area contributed by atoms with E-state index >= 15 is 0 Å². The Bertz CT molecular complexity index is 1430. The predicted octanol–water partition coefficient (Wildman–Crippen LogP) is 3.19. The maximum atomic E-state index is 13.8. The normalized spacial score (nSPS) is 20.6. The minimum atomic E-state index is -3.41. The van der Waals surface area contributed by atoms with Gasteiger partial charge in [-0.3, -0.25) is 15.0 Å². The first-order valence-corrected chi connectivity index (χ1v) is 13.9. The van der Waals surface area contributed by atoms with Crippen LogP contribution in [0.25, 0.3) is 0 Å². The number of carbonyl (C=O) groups is 1. The van der Waals surface area contributed by atoms with Crippen LogP contribution in [-0.4, -0.2) is 53.3 Å². The number of carbonyl (C=O) groups excluding carboxylic acids is 1. The van der Waals surface area contributed by atoms with Crippen molar-refractivity contribution in [3.63, 3.8) is 0 Å². The maximum absolute atomic E-state index is 13.8. The lowest BCUT2D eigenvalue weighted by molar-refractivity contribution is -0.125. The van der Waals surface area contributed by atoms with Crippen molar-refractivity contribution >= 4 is 27.4 Å². The molecule has 3 atom stereocenters. The Morgan fingerprint density at radius 3 is 2.62 bits per heavy atom. The molecule has 0 spiro atoms. The van der Waals surface area contributed by atoms with Gasteiger partial charge < -0.3 is 10.0 Å². The number of halogens is 1. The van der Waals surface area contributed by atoms with Gasteiger partial charge in [-0.25, -0.2) is 22.8 Å². The van der Waals surface area contributed by atoms with E-state index in [1.54, 1.807) is 48.5 Å². The second-order valence-corrected chi connectivity index (χ2v) is 11.5. The van der Waals surface area contributed by atoms with Crippen LogP contribution in [0, 0.1) is 5.82 Å². The highest BCUT2D eigenvalue weighted by molar-refractivity contribution is 7.90. The van der Waals surface area contributed by atoms with Crippen LogP contribution in [0.15, 0.2) is 59.8 Å². The van der Waals surface area contributed by atoms with Crippen LogP contribution in [0.1, 0.15) is 48.5 Å². The summed E-state index contributed by atoms with van der Waals surface area (Å²) >= 11 is 0. The number of aromatic nitrogens is 2. The first kappa shape index (κ1) is 25.2. The minimum Gasteiger partial charge on any atom is -0.379 e. The van der Waals surface area contributed by atoms with E-state index in [9.17, 15) is 22.7 Å². The minimum absolute atomic E-state index is 0.0196. The first-order chi connectivity index (χ1) is 17.6. The highest BCUT2D eigenvalue weighted by Crippen LogP contribution is 2.38. The molecule has 37 heavy (non-hydrogen) atoms. The van der Waals surface area contributed by atoms with Gasteiger partial charge in [-0.2, -0.15) is 0 Å². The van der Waals surface area contributed by atoms with Crippen LogP contribution < -0.4 is 10.2 Å². The van der Waals surface area contributed by atoms with Crippen molar-refractivity contribution in [2.24, 2.45) is 0 Å². The molecule has 0 aliphatic carbocycles. The Balaban J connectivity index is 1.34. The van der Waals surface area contributed by atoms with E-state index in [0.717, 1.165) is 36.9 Å². The fourth-order valence-electron chi connectivity index (χ4n) is 5.17. The second kappa shape index (κ2) is 9.81. The molecule has 0 bridgehead atoms. The molecule has 1 amide bonds. The topological polar surface area (TPSA) is 116 Å². The van der Waals surface area contributed by atoms with Gasteiger partial charge in [-0.1, -0.05) is 18.2 Å². The molecule has 3 heterocycles. The van der Waals surface area contributed by atoms with Crippen molar-refractivity contribution in [2.75, 3.05) is 23.0 Å². The van der Waals surface area contributed by atoms with Gasteiger partial charge in [0.15, 0.2) is 9.84 Å². The average Bonchev–Trinajstić information content (AvgIpc) is 3.49. The van der Waals surface area contributed by atoms with Gasteiger partial charge in [0, 0.05) is 19.3 Å². The third kappa shape index (κ3) is 5.07. The number of nitrogens with zero attached hydrogens (tertiary/aromatic N) is 4. The molecule has 2 N–H and O–H groups in total. The summed E-state index contributed by atoms with van der Waals surface area (Å²) in [5.41, 5.74) is 2.96. The van der Waals surface area contributed by atoms with E-state index in [1.807, 2.05) is 6.07 Å². The van der Waals surface area contributed by atoms with E-state index in [0.29, 0.717) is 11.1 Å². The molecule has 2 aliphatic heterocycles. The summed E-state index contributed by atoms with van der Waals surface area (Å²) in [6.45, 7) is 2.57. The Hall–Kier alpha value is -3.41. The molecule has 1 saturated heterocycles. The fraction of sp³-hybridized carbons (Fsp3) is 0.346. The third-order valence-corrected chi connectivity index (χ3v) is 8.05.